The number of nitrogens with zero attached hydrogens (tertiary/aromatic N) is 1. The van der Waals surface area contributed by atoms with E-state index in [1.54, 1.807) is 0 Å². The van der Waals surface area contributed by atoms with Gasteiger partial charge in [-0.1, -0.05) is 6.92 Å². The van der Waals surface area contributed by atoms with E-state index in [4.69, 9.17) is 5.11 Å². The van der Waals surface area contributed by atoms with Gasteiger partial charge in [0.2, 0.25) is 0 Å². The van der Waals surface area contributed by atoms with Crippen molar-refractivity contribution in [2.24, 2.45) is 5.92 Å². The fraction of sp³-hybridized carbons (Fsp3) is 1.00. The Labute approximate surface area is 93.9 Å². The summed E-state index contributed by atoms with van der Waals surface area (Å²) in [7, 11) is 2.20. The highest BCUT2D eigenvalue weighted by molar-refractivity contribution is 4.87. The summed E-state index contributed by atoms with van der Waals surface area (Å²) in [5, 5.41) is 12.5. The summed E-state index contributed by atoms with van der Waals surface area (Å²) in [5.41, 5.74) is 0. The number of rotatable bonds is 4. The van der Waals surface area contributed by atoms with Crippen molar-refractivity contribution in [2.75, 3.05) is 20.2 Å². The van der Waals surface area contributed by atoms with Crippen molar-refractivity contribution in [3.63, 3.8) is 0 Å². The molecular weight excluding hydrogens is 188 g/mol. The first-order chi connectivity index (χ1) is 7.04. The lowest BCUT2D eigenvalue weighted by molar-refractivity contribution is 0.114. The molecule has 0 aromatic carbocycles. The van der Waals surface area contributed by atoms with Crippen LogP contribution in [0.5, 0.6) is 0 Å². The van der Waals surface area contributed by atoms with Crippen molar-refractivity contribution in [3.8, 4) is 0 Å². The highest BCUT2D eigenvalue weighted by Gasteiger charge is 2.29. The second-order valence-electron chi connectivity index (χ2n) is 5.19. The van der Waals surface area contributed by atoms with E-state index in [9.17, 15) is 0 Å². The van der Waals surface area contributed by atoms with E-state index < -0.39 is 0 Å². The summed E-state index contributed by atoms with van der Waals surface area (Å²) in [6.45, 7) is 8.21. The number of likely N-dealkylation sites (tertiary alicyclic amines) is 1. The van der Waals surface area contributed by atoms with Gasteiger partial charge in [-0.2, -0.15) is 0 Å². The van der Waals surface area contributed by atoms with Gasteiger partial charge in [0.15, 0.2) is 0 Å². The molecule has 1 fully saturated rings. The first-order valence-electron chi connectivity index (χ1n) is 6.11. The molecule has 0 radical (unpaired) electrons. The predicted octanol–water partition coefficient (Wildman–Crippen LogP) is 1.08. The normalized spacial score (nSPS) is 35.4. The second kappa shape index (κ2) is 5.83. The zero-order chi connectivity index (χ0) is 11.4. The molecular formula is C12H26N2O. The molecule has 0 aromatic heterocycles. The van der Waals surface area contributed by atoms with E-state index in [2.05, 4.69) is 38.0 Å². The molecule has 4 unspecified atom stereocenters. The molecule has 15 heavy (non-hydrogen) atoms. The van der Waals surface area contributed by atoms with Crippen LogP contribution in [0.1, 0.15) is 33.6 Å². The van der Waals surface area contributed by atoms with Crippen molar-refractivity contribution in [2.45, 2.75) is 51.7 Å². The molecule has 1 saturated heterocycles. The van der Waals surface area contributed by atoms with Crippen molar-refractivity contribution in [3.05, 3.63) is 0 Å². The molecule has 0 bridgehead atoms. The Bertz CT molecular complexity index is 186. The van der Waals surface area contributed by atoms with Gasteiger partial charge in [0, 0.05) is 31.3 Å². The van der Waals surface area contributed by atoms with Gasteiger partial charge in [-0.15, -0.1) is 0 Å². The largest absolute Gasteiger partial charge is 0.396 e. The van der Waals surface area contributed by atoms with Crippen LogP contribution in [0.4, 0.5) is 0 Å². The molecule has 0 spiro atoms. The summed E-state index contributed by atoms with van der Waals surface area (Å²) in [6.07, 6.45) is 2.07. The number of hydrogen-bond acceptors (Lipinski definition) is 3. The maximum atomic E-state index is 8.88. The van der Waals surface area contributed by atoms with E-state index in [1.165, 1.54) is 13.0 Å². The highest BCUT2D eigenvalue weighted by atomic mass is 16.3. The number of piperidine rings is 1. The van der Waals surface area contributed by atoms with Crippen LogP contribution in [0.15, 0.2) is 0 Å². The molecule has 1 aliphatic heterocycles. The number of aliphatic hydroxyl groups excluding tert-OH is 1. The minimum absolute atomic E-state index is 0.282. The molecule has 2 N–H and O–H groups in total. The lowest BCUT2D eigenvalue weighted by Gasteiger charge is -2.41. The fourth-order valence-electron chi connectivity index (χ4n) is 2.42. The zero-order valence-electron chi connectivity index (χ0n) is 10.5. The Morgan fingerprint density at radius 1 is 1.47 bits per heavy atom. The molecule has 3 heteroatoms. The lowest BCUT2D eigenvalue weighted by Crippen LogP contribution is -2.52. The lowest BCUT2D eigenvalue weighted by atomic mass is 9.89. The maximum Gasteiger partial charge on any atom is 0.0445 e. The average Bonchev–Trinajstić information content (AvgIpc) is 2.14. The monoisotopic (exact) mass is 214 g/mol. The highest BCUT2D eigenvalue weighted by Crippen LogP contribution is 2.21. The van der Waals surface area contributed by atoms with E-state index in [-0.39, 0.29) is 6.61 Å². The second-order valence-corrected chi connectivity index (χ2v) is 5.19. The van der Waals surface area contributed by atoms with Crippen LogP contribution < -0.4 is 5.32 Å². The third-order valence-corrected chi connectivity index (χ3v) is 3.67. The van der Waals surface area contributed by atoms with E-state index >= 15 is 0 Å². The maximum absolute atomic E-state index is 8.88. The minimum atomic E-state index is 0.282. The van der Waals surface area contributed by atoms with Crippen molar-refractivity contribution < 1.29 is 5.11 Å². The molecule has 1 aliphatic rings. The van der Waals surface area contributed by atoms with Crippen molar-refractivity contribution >= 4 is 0 Å². The molecule has 0 aliphatic carbocycles. The SMILES string of the molecule is CC(CCO)NC1CC(C)N(C)CC1C. The van der Waals surface area contributed by atoms with E-state index in [0.717, 1.165) is 6.42 Å². The first-order valence-corrected chi connectivity index (χ1v) is 6.11. The topological polar surface area (TPSA) is 35.5 Å². The summed E-state index contributed by atoms with van der Waals surface area (Å²) in [4.78, 5) is 2.43. The quantitative estimate of drug-likeness (QED) is 0.735. The predicted molar refractivity (Wildman–Crippen MR) is 64.0 cm³/mol. The standard InChI is InChI=1S/C12H26N2O/c1-9-8-14(4)11(3)7-12(9)13-10(2)5-6-15/h9-13,15H,5-8H2,1-4H3. The Balaban J connectivity index is 2.40. The minimum Gasteiger partial charge on any atom is -0.396 e. The summed E-state index contributed by atoms with van der Waals surface area (Å²) >= 11 is 0. The summed E-state index contributed by atoms with van der Waals surface area (Å²) in [5.74, 6) is 0.701. The van der Waals surface area contributed by atoms with Gasteiger partial charge >= 0.3 is 0 Å². The van der Waals surface area contributed by atoms with Crippen molar-refractivity contribution in [1.82, 2.24) is 10.2 Å². The zero-order valence-corrected chi connectivity index (χ0v) is 10.5. The van der Waals surface area contributed by atoms with Crippen molar-refractivity contribution in [1.29, 1.82) is 0 Å². The van der Waals surface area contributed by atoms with E-state index in [0.29, 0.717) is 24.0 Å². The molecule has 0 amide bonds. The smallest absolute Gasteiger partial charge is 0.0445 e. The first kappa shape index (κ1) is 12.9. The van der Waals surface area contributed by atoms with Gasteiger partial charge in [0.25, 0.3) is 0 Å². The Kier molecular flexibility index (Phi) is 5.03. The number of hydrogen-bond donors (Lipinski definition) is 2. The molecule has 1 rings (SSSR count). The molecule has 0 saturated carbocycles. The Morgan fingerprint density at radius 2 is 2.13 bits per heavy atom. The Hall–Kier alpha value is -0.120. The molecule has 3 nitrogen and oxygen atoms in total. The number of nitrogens with one attached hydrogen (secondary N) is 1. The fourth-order valence-corrected chi connectivity index (χ4v) is 2.42. The average molecular weight is 214 g/mol. The molecule has 4 atom stereocenters. The van der Waals surface area contributed by atoms with Gasteiger partial charge in [-0.05, 0) is 39.7 Å². The van der Waals surface area contributed by atoms with Gasteiger partial charge in [0.1, 0.15) is 0 Å². The van der Waals surface area contributed by atoms with Crippen LogP contribution in [0.2, 0.25) is 0 Å². The van der Waals surface area contributed by atoms with E-state index in [1.807, 2.05) is 0 Å². The molecule has 0 aromatic rings. The van der Waals surface area contributed by atoms with Gasteiger partial charge < -0.3 is 15.3 Å². The number of aliphatic hydroxyl groups is 1. The van der Waals surface area contributed by atoms with Crippen LogP contribution in [0.25, 0.3) is 0 Å². The third kappa shape index (κ3) is 3.74. The summed E-state index contributed by atoms with van der Waals surface area (Å²) < 4.78 is 0. The Morgan fingerprint density at radius 3 is 2.73 bits per heavy atom. The van der Waals surface area contributed by atoms with Crippen LogP contribution in [0, 0.1) is 5.92 Å². The van der Waals surface area contributed by atoms with Gasteiger partial charge in [0.05, 0.1) is 0 Å². The van der Waals surface area contributed by atoms with Crippen LogP contribution in [-0.2, 0) is 0 Å². The molecule has 1 heterocycles. The van der Waals surface area contributed by atoms with Crippen LogP contribution in [-0.4, -0.2) is 48.3 Å². The summed E-state index contributed by atoms with van der Waals surface area (Å²) in [6, 6.07) is 1.70. The van der Waals surface area contributed by atoms with Gasteiger partial charge in [-0.25, -0.2) is 0 Å². The van der Waals surface area contributed by atoms with Gasteiger partial charge in [-0.3, -0.25) is 0 Å². The third-order valence-electron chi connectivity index (χ3n) is 3.67. The molecule has 90 valence electrons. The van der Waals surface area contributed by atoms with Crippen LogP contribution >= 0.6 is 0 Å². The van der Waals surface area contributed by atoms with Crippen LogP contribution in [0.3, 0.4) is 0 Å².